The van der Waals surface area contributed by atoms with Crippen LogP contribution in [0.25, 0.3) is 0 Å². The van der Waals surface area contributed by atoms with Gasteiger partial charge in [0.15, 0.2) is 5.78 Å². The van der Waals surface area contributed by atoms with Crippen molar-refractivity contribution >= 4 is 18.2 Å². The molecule has 0 saturated heterocycles. The molecule has 0 spiro atoms. The Labute approximate surface area is 132 Å². The first-order valence-electron chi connectivity index (χ1n) is 6.81. The van der Waals surface area contributed by atoms with Crippen LogP contribution in [0.15, 0.2) is 72.8 Å². The highest BCUT2D eigenvalue weighted by Crippen LogP contribution is 2.18. The molecule has 0 saturated carbocycles. The van der Waals surface area contributed by atoms with E-state index in [0.29, 0.717) is 6.54 Å². The Morgan fingerprint density at radius 1 is 1.05 bits per heavy atom. The number of Topliss-reactive ketones (excluding diaryl/α,β-unsaturated/α-hetero) is 1. The number of allylic oxidation sites excluding steroid dienone is 1. The zero-order valence-corrected chi connectivity index (χ0v) is 12.8. The summed E-state index contributed by atoms with van der Waals surface area (Å²) in [5, 5.41) is 3.30. The monoisotopic (exact) mass is 301 g/mol. The zero-order valence-electron chi connectivity index (χ0n) is 12.0. The van der Waals surface area contributed by atoms with Crippen LogP contribution in [-0.2, 0) is 0 Å². The van der Waals surface area contributed by atoms with Crippen molar-refractivity contribution in [3.8, 4) is 0 Å². The van der Waals surface area contributed by atoms with E-state index in [2.05, 4.69) is 5.32 Å². The average molecular weight is 302 g/mol. The summed E-state index contributed by atoms with van der Waals surface area (Å²) in [6.45, 7) is 2.65. The number of hydrogen-bond donors (Lipinski definition) is 1. The SMILES string of the molecule is C/C=C/CNC(C(=O)c1ccccc1)c1ccccc1.Cl. The predicted molar refractivity (Wildman–Crippen MR) is 90.0 cm³/mol. The summed E-state index contributed by atoms with van der Waals surface area (Å²) >= 11 is 0. The lowest BCUT2D eigenvalue weighted by atomic mass is 9.97. The second-order valence-electron chi connectivity index (χ2n) is 4.55. The molecule has 2 aromatic rings. The number of hydrogen-bond acceptors (Lipinski definition) is 2. The molecule has 0 radical (unpaired) electrons. The molecule has 0 bridgehead atoms. The molecule has 0 heterocycles. The molecule has 2 rings (SSSR count). The molecular formula is C18H20ClNO. The predicted octanol–water partition coefficient (Wildman–Crippen LogP) is 4.20. The van der Waals surface area contributed by atoms with Gasteiger partial charge in [0.05, 0.1) is 6.04 Å². The van der Waals surface area contributed by atoms with Crippen LogP contribution < -0.4 is 5.32 Å². The Balaban J connectivity index is 0.00000220. The fourth-order valence-electron chi connectivity index (χ4n) is 2.08. The van der Waals surface area contributed by atoms with E-state index in [1.807, 2.05) is 79.7 Å². The number of rotatable bonds is 6. The van der Waals surface area contributed by atoms with E-state index in [9.17, 15) is 4.79 Å². The molecule has 1 atom stereocenters. The van der Waals surface area contributed by atoms with E-state index in [4.69, 9.17) is 0 Å². The van der Waals surface area contributed by atoms with Gasteiger partial charge in [0.25, 0.3) is 0 Å². The zero-order chi connectivity index (χ0) is 14.2. The van der Waals surface area contributed by atoms with Gasteiger partial charge < -0.3 is 0 Å². The van der Waals surface area contributed by atoms with Crippen LogP contribution in [0.1, 0.15) is 28.9 Å². The van der Waals surface area contributed by atoms with Crippen molar-refractivity contribution in [3.05, 3.63) is 83.9 Å². The lowest BCUT2D eigenvalue weighted by Gasteiger charge is -2.17. The van der Waals surface area contributed by atoms with Gasteiger partial charge in [-0.05, 0) is 12.5 Å². The van der Waals surface area contributed by atoms with E-state index in [0.717, 1.165) is 11.1 Å². The summed E-state index contributed by atoms with van der Waals surface area (Å²) in [5.74, 6) is 0.0984. The van der Waals surface area contributed by atoms with Crippen molar-refractivity contribution in [2.45, 2.75) is 13.0 Å². The first-order chi connectivity index (χ1) is 9.83. The molecular weight excluding hydrogens is 282 g/mol. The molecule has 0 aromatic heterocycles. The molecule has 0 aliphatic heterocycles. The topological polar surface area (TPSA) is 29.1 Å². The third-order valence-electron chi connectivity index (χ3n) is 3.13. The highest BCUT2D eigenvalue weighted by molar-refractivity contribution is 6.00. The van der Waals surface area contributed by atoms with E-state index >= 15 is 0 Å². The largest absolute Gasteiger partial charge is 0.300 e. The van der Waals surface area contributed by atoms with Gasteiger partial charge in [0.1, 0.15) is 0 Å². The molecule has 1 unspecified atom stereocenters. The highest BCUT2D eigenvalue weighted by atomic mass is 35.5. The van der Waals surface area contributed by atoms with Crippen molar-refractivity contribution in [1.29, 1.82) is 0 Å². The molecule has 0 amide bonds. The quantitative estimate of drug-likeness (QED) is 0.640. The third-order valence-corrected chi connectivity index (χ3v) is 3.13. The number of benzene rings is 2. The molecule has 1 N–H and O–H groups in total. The van der Waals surface area contributed by atoms with Crippen molar-refractivity contribution in [1.82, 2.24) is 5.32 Å². The van der Waals surface area contributed by atoms with Crippen molar-refractivity contribution < 1.29 is 4.79 Å². The summed E-state index contributed by atoms with van der Waals surface area (Å²) in [7, 11) is 0. The van der Waals surface area contributed by atoms with Crippen LogP contribution >= 0.6 is 12.4 Å². The number of halogens is 1. The highest BCUT2D eigenvalue weighted by Gasteiger charge is 2.20. The van der Waals surface area contributed by atoms with Gasteiger partial charge in [0, 0.05) is 12.1 Å². The lowest BCUT2D eigenvalue weighted by molar-refractivity contribution is 0.0945. The maximum absolute atomic E-state index is 12.7. The fourth-order valence-corrected chi connectivity index (χ4v) is 2.08. The Morgan fingerprint density at radius 2 is 1.62 bits per heavy atom. The molecule has 0 fully saturated rings. The molecule has 3 heteroatoms. The minimum atomic E-state index is -0.310. The summed E-state index contributed by atoms with van der Waals surface area (Å²) in [6, 6.07) is 18.9. The maximum atomic E-state index is 12.7. The molecule has 2 nitrogen and oxygen atoms in total. The lowest BCUT2D eigenvalue weighted by Crippen LogP contribution is -2.29. The van der Waals surface area contributed by atoms with Gasteiger partial charge in [-0.25, -0.2) is 0 Å². The second kappa shape index (κ2) is 9.11. The fraction of sp³-hybridized carbons (Fsp3) is 0.167. The average Bonchev–Trinajstić information content (AvgIpc) is 2.53. The first kappa shape index (κ1) is 17.2. The third kappa shape index (κ3) is 4.85. The minimum absolute atomic E-state index is 0. The van der Waals surface area contributed by atoms with Crippen molar-refractivity contribution in [3.63, 3.8) is 0 Å². The van der Waals surface area contributed by atoms with E-state index in [-0.39, 0.29) is 24.2 Å². The van der Waals surface area contributed by atoms with E-state index < -0.39 is 0 Å². The van der Waals surface area contributed by atoms with E-state index in [1.165, 1.54) is 0 Å². The summed E-state index contributed by atoms with van der Waals surface area (Å²) in [5.41, 5.74) is 1.72. The molecule has 0 aliphatic carbocycles. The Hall–Kier alpha value is -1.90. The van der Waals surface area contributed by atoms with Crippen LogP contribution in [0.3, 0.4) is 0 Å². The first-order valence-corrected chi connectivity index (χ1v) is 6.81. The number of carbonyl (C=O) groups is 1. The summed E-state index contributed by atoms with van der Waals surface area (Å²) in [6.07, 6.45) is 3.98. The van der Waals surface area contributed by atoms with Gasteiger partial charge in [-0.15, -0.1) is 12.4 Å². The Bertz CT molecular complexity index is 566. The second-order valence-corrected chi connectivity index (χ2v) is 4.55. The molecule has 0 aliphatic rings. The molecule has 2 aromatic carbocycles. The smallest absolute Gasteiger partial charge is 0.184 e. The standard InChI is InChI=1S/C18H19NO.ClH/c1-2-3-14-19-17(15-10-6-4-7-11-15)18(20)16-12-8-5-9-13-16;/h2-13,17,19H,14H2,1H3;1H/b3-2+;. The van der Waals surface area contributed by atoms with Gasteiger partial charge in [0.2, 0.25) is 0 Å². The number of ketones is 1. The normalized spacial score (nSPS) is 11.9. The molecule has 110 valence electrons. The van der Waals surface area contributed by atoms with Crippen LogP contribution in [0, 0.1) is 0 Å². The van der Waals surface area contributed by atoms with E-state index in [1.54, 1.807) is 0 Å². The van der Waals surface area contributed by atoms with Gasteiger partial charge in [-0.3, -0.25) is 10.1 Å². The minimum Gasteiger partial charge on any atom is -0.300 e. The van der Waals surface area contributed by atoms with Gasteiger partial charge >= 0.3 is 0 Å². The Kier molecular flexibility index (Phi) is 7.44. The maximum Gasteiger partial charge on any atom is 0.184 e. The summed E-state index contributed by atoms with van der Waals surface area (Å²) < 4.78 is 0. The van der Waals surface area contributed by atoms with Crippen molar-refractivity contribution in [2.24, 2.45) is 0 Å². The van der Waals surface area contributed by atoms with Crippen LogP contribution in [0.2, 0.25) is 0 Å². The van der Waals surface area contributed by atoms with Crippen LogP contribution in [0.4, 0.5) is 0 Å². The molecule has 21 heavy (non-hydrogen) atoms. The van der Waals surface area contributed by atoms with Gasteiger partial charge in [-0.1, -0.05) is 72.8 Å². The van der Waals surface area contributed by atoms with Gasteiger partial charge in [-0.2, -0.15) is 0 Å². The van der Waals surface area contributed by atoms with Crippen molar-refractivity contribution in [2.75, 3.05) is 6.54 Å². The summed E-state index contributed by atoms with van der Waals surface area (Å²) in [4.78, 5) is 12.7. The Morgan fingerprint density at radius 3 is 2.19 bits per heavy atom. The van der Waals surface area contributed by atoms with Crippen LogP contribution in [-0.4, -0.2) is 12.3 Å². The van der Waals surface area contributed by atoms with Crippen LogP contribution in [0.5, 0.6) is 0 Å². The number of carbonyl (C=O) groups excluding carboxylic acids is 1. The number of nitrogens with one attached hydrogen (secondary N) is 1.